The molecule has 2 heterocycles. The third-order valence-corrected chi connectivity index (χ3v) is 6.76. The molecule has 0 radical (unpaired) electrons. The first kappa shape index (κ1) is 22.3. The number of nitrogens with one attached hydrogen (secondary N) is 2. The van der Waals surface area contributed by atoms with E-state index < -0.39 is 11.8 Å². The van der Waals surface area contributed by atoms with Gasteiger partial charge in [0.25, 0.3) is 0 Å². The molecule has 1 fully saturated rings. The molecule has 1 atom stereocenters. The number of anilines is 2. The molecule has 1 saturated heterocycles. The van der Waals surface area contributed by atoms with Crippen molar-refractivity contribution in [3.8, 4) is 0 Å². The molecule has 2 aromatic rings. The van der Waals surface area contributed by atoms with Gasteiger partial charge in [0, 0.05) is 31.5 Å². The summed E-state index contributed by atoms with van der Waals surface area (Å²) in [5.41, 5.74) is 5.60. The van der Waals surface area contributed by atoms with Crippen LogP contribution in [0, 0.1) is 0 Å². The maximum Gasteiger partial charge on any atom is 0.313 e. The molecule has 0 saturated carbocycles. The van der Waals surface area contributed by atoms with E-state index >= 15 is 0 Å². The van der Waals surface area contributed by atoms with Gasteiger partial charge in [-0.1, -0.05) is 43.7 Å². The number of benzene rings is 2. The fraction of sp³-hybridized carbons (Fsp3) is 0.462. The van der Waals surface area contributed by atoms with E-state index in [9.17, 15) is 9.59 Å². The lowest BCUT2D eigenvalue weighted by molar-refractivity contribution is -0.136. The van der Waals surface area contributed by atoms with Crippen molar-refractivity contribution in [2.75, 3.05) is 43.4 Å². The number of carbonyl (C=O) groups is 2. The number of fused-ring (bicyclic) bond motifs is 1. The van der Waals surface area contributed by atoms with Gasteiger partial charge in [-0.15, -0.1) is 0 Å². The number of likely N-dealkylation sites (N-methyl/N-ethyl adjacent to an activating group) is 1. The van der Waals surface area contributed by atoms with Gasteiger partial charge in [-0.25, -0.2) is 0 Å². The minimum Gasteiger partial charge on any atom is -0.374 e. The van der Waals surface area contributed by atoms with Gasteiger partial charge in [-0.05, 0) is 67.6 Å². The highest BCUT2D eigenvalue weighted by atomic mass is 16.2. The number of likely N-dealkylation sites (tertiary alicyclic amines) is 1. The first-order valence-corrected chi connectivity index (χ1v) is 11.8. The Bertz CT molecular complexity index is 968. The maximum absolute atomic E-state index is 12.6. The highest BCUT2D eigenvalue weighted by Crippen LogP contribution is 2.32. The van der Waals surface area contributed by atoms with Crippen LogP contribution < -0.4 is 15.5 Å². The quantitative estimate of drug-likeness (QED) is 0.683. The van der Waals surface area contributed by atoms with Crippen molar-refractivity contribution in [2.45, 2.75) is 45.1 Å². The van der Waals surface area contributed by atoms with Crippen LogP contribution in [-0.4, -0.2) is 49.9 Å². The van der Waals surface area contributed by atoms with Crippen molar-refractivity contribution < 1.29 is 9.59 Å². The van der Waals surface area contributed by atoms with E-state index in [1.165, 1.54) is 36.1 Å². The molecular formula is C26H34N4O2. The average molecular weight is 435 g/mol. The molecule has 32 heavy (non-hydrogen) atoms. The van der Waals surface area contributed by atoms with Crippen LogP contribution in [0.5, 0.6) is 0 Å². The zero-order valence-electron chi connectivity index (χ0n) is 19.2. The van der Waals surface area contributed by atoms with Gasteiger partial charge in [0.05, 0.1) is 6.04 Å². The van der Waals surface area contributed by atoms with E-state index in [1.54, 1.807) is 0 Å². The van der Waals surface area contributed by atoms with Gasteiger partial charge in [0.15, 0.2) is 0 Å². The monoisotopic (exact) mass is 434 g/mol. The topological polar surface area (TPSA) is 64.7 Å². The van der Waals surface area contributed by atoms with Crippen LogP contribution in [0.15, 0.2) is 42.5 Å². The molecule has 0 spiro atoms. The van der Waals surface area contributed by atoms with Crippen molar-refractivity contribution in [1.29, 1.82) is 0 Å². The summed E-state index contributed by atoms with van der Waals surface area (Å²) in [6.07, 6.45) is 5.45. The minimum absolute atomic E-state index is 0.0752. The van der Waals surface area contributed by atoms with Gasteiger partial charge in [0.2, 0.25) is 0 Å². The summed E-state index contributed by atoms with van der Waals surface area (Å²) in [5, 5.41) is 5.68. The average Bonchev–Trinajstić information content (AvgIpc) is 3.20. The first-order valence-electron chi connectivity index (χ1n) is 11.8. The molecule has 2 aliphatic heterocycles. The predicted octanol–water partition coefficient (Wildman–Crippen LogP) is 3.52. The van der Waals surface area contributed by atoms with E-state index in [4.69, 9.17) is 0 Å². The molecule has 0 aromatic heterocycles. The fourth-order valence-corrected chi connectivity index (χ4v) is 4.88. The van der Waals surface area contributed by atoms with E-state index in [2.05, 4.69) is 45.7 Å². The second kappa shape index (κ2) is 10.2. The minimum atomic E-state index is -0.612. The number of aryl methyl sites for hydroxylation is 1. The third-order valence-electron chi connectivity index (χ3n) is 6.76. The molecule has 0 bridgehead atoms. The summed E-state index contributed by atoms with van der Waals surface area (Å²) in [5.74, 6) is -1.20. The lowest BCUT2D eigenvalue weighted by Crippen LogP contribution is -2.43. The molecule has 0 aliphatic carbocycles. The van der Waals surface area contributed by atoms with Crippen molar-refractivity contribution in [3.63, 3.8) is 0 Å². The summed E-state index contributed by atoms with van der Waals surface area (Å²) in [4.78, 5) is 29.9. The Labute approximate surface area is 191 Å². The highest BCUT2D eigenvalue weighted by Gasteiger charge is 2.26. The number of rotatable bonds is 6. The van der Waals surface area contributed by atoms with Gasteiger partial charge >= 0.3 is 11.8 Å². The fourth-order valence-electron chi connectivity index (χ4n) is 4.88. The first-order chi connectivity index (χ1) is 15.6. The normalized spacial score (nSPS) is 17.0. The number of piperidine rings is 1. The number of hydrogen-bond donors (Lipinski definition) is 2. The molecule has 2 N–H and O–H groups in total. The second-order valence-corrected chi connectivity index (χ2v) is 8.85. The zero-order valence-corrected chi connectivity index (χ0v) is 19.2. The van der Waals surface area contributed by atoms with Gasteiger partial charge < -0.3 is 15.5 Å². The van der Waals surface area contributed by atoms with E-state index in [0.29, 0.717) is 12.2 Å². The SMILES string of the molecule is CCc1ccccc1NC(=O)C(=O)NC[C@@H](c1ccc2c(c1)CCN2C)N1CCCCC1. The Kier molecular flexibility index (Phi) is 7.10. The van der Waals surface area contributed by atoms with Crippen LogP contribution in [0.3, 0.4) is 0 Å². The van der Waals surface area contributed by atoms with Crippen molar-refractivity contribution in [2.24, 2.45) is 0 Å². The summed E-state index contributed by atoms with van der Waals surface area (Å²) in [7, 11) is 2.13. The molecule has 2 amide bonds. The Morgan fingerprint density at radius 2 is 1.78 bits per heavy atom. The van der Waals surface area contributed by atoms with Gasteiger partial charge in [-0.3, -0.25) is 14.5 Å². The summed E-state index contributed by atoms with van der Waals surface area (Å²) >= 11 is 0. The summed E-state index contributed by atoms with van der Waals surface area (Å²) in [6, 6.07) is 14.4. The zero-order chi connectivity index (χ0) is 22.5. The van der Waals surface area contributed by atoms with Crippen molar-refractivity contribution in [3.05, 3.63) is 59.2 Å². The number of carbonyl (C=O) groups excluding carboxylic acids is 2. The molecule has 6 heteroatoms. The van der Waals surface area contributed by atoms with Crippen LogP contribution >= 0.6 is 0 Å². The van der Waals surface area contributed by atoms with Gasteiger partial charge in [0.1, 0.15) is 0 Å². The smallest absolute Gasteiger partial charge is 0.313 e. The molecule has 2 aromatic carbocycles. The maximum atomic E-state index is 12.6. The number of nitrogens with zero attached hydrogens (tertiary/aromatic N) is 2. The predicted molar refractivity (Wildman–Crippen MR) is 129 cm³/mol. The summed E-state index contributed by atoms with van der Waals surface area (Å²) in [6.45, 7) is 5.55. The van der Waals surface area contributed by atoms with Gasteiger partial charge in [-0.2, -0.15) is 0 Å². The standard InChI is InChI=1S/C26H34N4O2/c1-3-19-9-5-6-10-22(19)28-26(32)25(31)27-18-24(30-14-7-4-8-15-30)20-11-12-23-21(17-20)13-16-29(23)2/h5-6,9-12,17,24H,3-4,7-8,13-16,18H2,1-2H3,(H,27,31)(H,28,32)/t24-/m0/s1. The lowest BCUT2D eigenvalue weighted by atomic mass is 9.98. The highest BCUT2D eigenvalue weighted by molar-refractivity contribution is 6.39. The summed E-state index contributed by atoms with van der Waals surface area (Å²) < 4.78 is 0. The molecule has 6 nitrogen and oxygen atoms in total. The largest absolute Gasteiger partial charge is 0.374 e. The van der Waals surface area contributed by atoms with Crippen LogP contribution in [0.1, 0.15) is 48.9 Å². The van der Waals surface area contributed by atoms with Crippen molar-refractivity contribution in [1.82, 2.24) is 10.2 Å². The van der Waals surface area contributed by atoms with E-state index in [-0.39, 0.29) is 6.04 Å². The number of amides is 2. The third kappa shape index (κ3) is 4.96. The van der Waals surface area contributed by atoms with E-state index in [1.807, 2.05) is 31.2 Å². The van der Waals surface area contributed by atoms with Crippen LogP contribution in [0.4, 0.5) is 11.4 Å². The Hall–Kier alpha value is -2.86. The second-order valence-electron chi connectivity index (χ2n) is 8.85. The molecule has 0 unspecified atom stereocenters. The Balaban J connectivity index is 1.45. The number of hydrogen-bond acceptors (Lipinski definition) is 4. The van der Waals surface area contributed by atoms with Crippen LogP contribution in [0.25, 0.3) is 0 Å². The molecule has 170 valence electrons. The Morgan fingerprint density at radius 3 is 2.56 bits per heavy atom. The molecular weight excluding hydrogens is 400 g/mol. The van der Waals surface area contributed by atoms with Crippen LogP contribution in [0.2, 0.25) is 0 Å². The van der Waals surface area contributed by atoms with E-state index in [0.717, 1.165) is 38.0 Å². The Morgan fingerprint density at radius 1 is 1.00 bits per heavy atom. The number of para-hydroxylation sites is 1. The van der Waals surface area contributed by atoms with Crippen molar-refractivity contribution >= 4 is 23.2 Å². The lowest BCUT2D eigenvalue weighted by Gasteiger charge is -2.35. The van der Waals surface area contributed by atoms with Crippen LogP contribution in [-0.2, 0) is 22.4 Å². The molecule has 2 aliphatic rings. The molecule has 4 rings (SSSR count).